The summed E-state index contributed by atoms with van der Waals surface area (Å²) >= 11 is 1.74. The Morgan fingerprint density at radius 3 is 2.25 bits per heavy atom. The molecule has 3 nitrogen and oxygen atoms in total. The second kappa shape index (κ2) is 9.67. The van der Waals surface area contributed by atoms with Gasteiger partial charge in [-0.1, -0.05) is 84.6 Å². The molecule has 4 rings (SSSR count). The van der Waals surface area contributed by atoms with Crippen LogP contribution in [0.15, 0.2) is 89.9 Å². The van der Waals surface area contributed by atoms with Crippen molar-refractivity contribution in [1.82, 2.24) is 5.32 Å². The van der Waals surface area contributed by atoms with Crippen LogP contribution in [0.3, 0.4) is 0 Å². The second-order valence-electron chi connectivity index (χ2n) is 6.46. The van der Waals surface area contributed by atoms with E-state index >= 15 is 0 Å². The molecular weight excluding hydrogens is 388 g/mol. The Hall–Kier alpha value is -2.43. The lowest BCUT2D eigenvalue weighted by Crippen LogP contribution is -2.22. The first kappa shape index (κ1) is 20.3. The number of nitrogens with zero attached hydrogens (tertiary/aromatic N) is 1. The van der Waals surface area contributed by atoms with Gasteiger partial charge in [0.15, 0.2) is 5.17 Å². The van der Waals surface area contributed by atoms with Gasteiger partial charge in [-0.15, -0.1) is 12.4 Å². The summed E-state index contributed by atoms with van der Waals surface area (Å²) in [6.45, 7) is 0. The number of methoxy groups -OCH3 is 1. The van der Waals surface area contributed by atoms with E-state index in [0.717, 1.165) is 16.7 Å². The number of aliphatic imine (C=N–C) groups is 1. The van der Waals surface area contributed by atoms with Gasteiger partial charge in [-0.3, -0.25) is 4.99 Å². The Morgan fingerprint density at radius 1 is 0.893 bits per heavy atom. The molecule has 0 aromatic heterocycles. The van der Waals surface area contributed by atoms with E-state index in [2.05, 4.69) is 72.0 Å². The van der Waals surface area contributed by atoms with E-state index in [1.165, 1.54) is 16.7 Å². The van der Waals surface area contributed by atoms with Gasteiger partial charge in [0.05, 0.1) is 13.2 Å². The van der Waals surface area contributed by atoms with Crippen molar-refractivity contribution in [3.8, 4) is 5.75 Å². The molecule has 28 heavy (non-hydrogen) atoms. The molecule has 0 aliphatic carbocycles. The van der Waals surface area contributed by atoms with Gasteiger partial charge in [0.25, 0.3) is 0 Å². The lowest BCUT2D eigenvalue weighted by molar-refractivity contribution is 0.414. The summed E-state index contributed by atoms with van der Waals surface area (Å²) in [5, 5.41) is 4.62. The Bertz CT molecular complexity index is 918. The number of hydrogen-bond acceptors (Lipinski definition) is 4. The number of thioether (sulfide) groups is 1. The smallest absolute Gasteiger partial charge is 0.158 e. The van der Waals surface area contributed by atoms with E-state index in [-0.39, 0.29) is 24.5 Å². The van der Waals surface area contributed by atoms with Crippen LogP contribution in [0, 0.1) is 0 Å². The van der Waals surface area contributed by atoms with Crippen LogP contribution in [-0.2, 0) is 5.75 Å². The molecule has 0 saturated heterocycles. The Balaban J connectivity index is 0.00000225. The van der Waals surface area contributed by atoms with Crippen LogP contribution in [0.2, 0.25) is 0 Å². The summed E-state index contributed by atoms with van der Waals surface area (Å²) < 4.78 is 5.32. The van der Waals surface area contributed by atoms with Crippen LogP contribution in [0.4, 0.5) is 0 Å². The maximum Gasteiger partial charge on any atom is 0.158 e. The van der Waals surface area contributed by atoms with Gasteiger partial charge >= 0.3 is 0 Å². The zero-order valence-electron chi connectivity index (χ0n) is 15.6. The highest BCUT2D eigenvalue weighted by molar-refractivity contribution is 8.13. The van der Waals surface area contributed by atoms with Crippen molar-refractivity contribution in [3.05, 3.63) is 102 Å². The molecule has 5 heteroatoms. The summed E-state index contributed by atoms with van der Waals surface area (Å²) in [6.07, 6.45) is 0. The maximum absolute atomic E-state index is 5.32. The molecule has 0 spiro atoms. The first-order chi connectivity index (χ1) is 13.3. The maximum atomic E-state index is 5.32. The molecule has 0 bridgehead atoms. The van der Waals surface area contributed by atoms with Crippen molar-refractivity contribution >= 4 is 29.3 Å². The predicted molar refractivity (Wildman–Crippen MR) is 120 cm³/mol. The minimum absolute atomic E-state index is 0. The van der Waals surface area contributed by atoms with Crippen molar-refractivity contribution in [2.75, 3.05) is 7.11 Å². The lowest BCUT2D eigenvalue weighted by Gasteiger charge is -2.19. The number of hydrogen-bond donors (Lipinski definition) is 1. The highest BCUT2D eigenvalue weighted by Crippen LogP contribution is 2.38. The van der Waals surface area contributed by atoms with Crippen LogP contribution >= 0.6 is 24.2 Å². The number of ether oxygens (including phenoxy) is 1. The molecule has 0 unspecified atom stereocenters. The predicted octanol–water partition coefficient (Wildman–Crippen LogP) is 5.79. The summed E-state index contributed by atoms with van der Waals surface area (Å²) in [5.74, 6) is 1.74. The zero-order chi connectivity index (χ0) is 18.5. The second-order valence-corrected chi connectivity index (χ2v) is 7.43. The van der Waals surface area contributed by atoms with Gasteiger partial charge in [-0.25, -0.2) is 0 Å². The highest BCUT2D eigenvalue weighted by Gasteiger charge is 2.31. The van der Waals surface area contributed by atoms with E-state index in [9.17, 15) is 0 Å². The molecule has 3 aromatic carbocycles. The highest BCUT2D eigenvalue weighted by atomic mass is 35.5. The van der Waals surface area contributed by atoms with E-state index < -0.39 is 0 Å². The summed E-state index contributed by atoms with van der Waals surface area (Å²) in [7, 11) is 1.70. The molecule has 1 aliphatic heterocycles. The topological polar surface area (TPSA) is 33.6 Å². The largest absolute Gasteiger partial charge is 0.497 e. The molecule has 1 aliphatic rings. The average molecular weight is 411 g/mol. The van der Waals surface area contributed by atoms with Gasteiger partial charge in [0.2, 0.25) is 0 Å². The van der Waals surface area contributed by atoms with Gasteiger partial charge in [-0.2, -0.15) is 0 Å². The monoisotopic (exact) mass is 410 g/mol. The lowest BCUT2D eigenvalue weighted by atomic mass is 9.95. The number of rotatable bonds is 5. The average Bonchev–Trinajstić information content (AvgIpc) is 3.18. The Kier molecular flexibility index (Phi) is 7.01. The van der Waals surface area contributed by atoms with E-state index in [1.54, 1.807) is 18.9 Å². The fourth-order valence-corrected chi connectivity index (χ4v) is 4.17. The fraction of sp³-hybridized carbons (Fsp3) is 0.174. The normalized spacial score (nSPS) is 18.0. The van der Waals surface area contributed by atoms with Crippen molar-refractivity contribution in [2.24, 2.45) is 4.99 Å². The molecule has 2 atom stereocenters. The van der Waals surface area contributed by atoms with Crippen LogP contribution < -0.4 is 10.1 Å². The third-order valence-electron chi connectivity index (χ3n) is 4.66. The molecular formula is C23H23ClN2OS. The van der Waals surface area contributed by atoms with Gasteiger partial charge in [0, 0.05) is 5.75 Å². The summed E-state index contributed by atoms with van der Waals surface area (Å²) in [5.41, 5.74) is 3.71. The van der Waals surface area contributed by atoms with Crippen molar-refractivity contribution in [2.45, 2.75) is 17.8 Å². The van der Waals surface area contributed by atoms with Gasteiger partial charge < -0.3 is 10.1 Å². The van der Waals surface area contributed by atoms with Crippen molar-refractivity contribution < 1.29 is 4.74 Å². The molecule has 144 valence electrons. The minimum atomic E-state index is 0. The molecule has 3 aromatic rings. The first-order valence-electron chi connectivity index (χ1n) is 9.03. The van der Waals surface area contributed by atoms with Gasteiger partial charge in [0.1, 0.15) is 11.8 Å². The molecule has 1 N–H and O–H groups in total. The van der Waals surface area contributed by atoms with Crippen molar-refractivity contribution in [3.63, 3.8) is 0 Å². The third-order valence-corrected chi connectivity index (χ3v) is 5.63. The number of benzene rings is 3. The fourth-order valence-electron chi connectivity index (χ4n) is 3.29. The van der Waals surface area contributed by atoms with Crippen LogP contribution in [-0.4, -0.2) is 12.3 Å². The quantitative estimate of drug-likeness (QED) is 0.577. The van der Waals surface area contributed by atoms with Crippen LogP contribution in [0.25, 0.3) is 0 Å². The third kappa shape index (κ3) is 4.70. The number of halogens is 1. The molecule has 1 heterocycles. The standard InChI is InChI=1S/C23H22N2OS.ClH/c1-26-20-14-8-9-17(15-20)16-27-23-24-21(18-10-4-2-5-11-18)22(25-23)19-12-6-3-7-13-19;/h2-15,21-22H,16H2,1H3,(H,24,25);1H/t21-,22+;. The molecule has 0 saturated carbocycles. The molecule has 0 amide bonds. The minimum Gasteiger partial charge on any atom is -0.497 e. The van der Waals surface area contributed by atoms with Gasteiger partial charge in [-0.05, 0) is 28.8 Å². The van der Waals surface area contributed by atoms with E-state index in [4.69, 9.17) is 9.73 Å². The van der Waals surface area contributed by atoms with E-state index in [1.807, 2.05) is 18.2 Å². The van der Waals surface area contributed by atoms with Crippen LogP contribution in [0.1, 0.15) is 28.8 Å². The van der Waals surface area contributed by atoms with Crippen molar-refractivity contribution in [1.29, 1.82) is 0 Å². The Morgan fingerprint density at radius 2 is 1.57 bits per heavy atom. The SMILES string of the molecule is COc1cccc(CSC2=N[C@H](c3ccccc3)[C@H](c3ccccc3)N2)c1.Cl. The van der Waals surface area contributed by atoms with E-state index in [0.29, 0.717) is 0 Å². The summed E-state index contributed by atoms with van der Waals surface area (Å²) in [4.78, 5) is 5.01. The number of nitrogens with one attached hydrogen (secondary N) is 1. The Labute approximate surface area is 176 Å². The number of amidine groups is 1. The summed E-state index contributed by atoms with van der Waals surface area (Å²) in [6, 6.07) is 29.5. The molecule has 0 fully saturated rings. The zero-order valence-corrected chi connectivity index (χ0v) is 17.2. The first-order valence-corrected chi connectivity index (χ1v) is 10.0. The van der Waals surface area contributed by atoms with Crippen LogP contribution in [0.5, 0.6) is 5.75 Å². The molecule has 0 radical (unpaired) electrons.